The zero-order chi connectivity index (χ0) is 23.2. The van der Waals surface area contributed by atoms with Crippen LogP contribution in [0.2, 0.25) is 0 Å². The highest BCUT2D eigenvalue weighted by Crippen LogP contribution is 2.41. The van der Waals surface area contributed by atoms with Gasteiger partial charge in [-0.1, -0.05) is 41.5 Å². The van der Waals surface area contributed by atoms with E-state index in [9.17, 15) is 20.4 Å². The number of aryl methyl sites for hydroxylation is 3. The first-order valence-corrected chi connectivity index (χ1v) is 10.9. The van der Waals surface area contributed by atoms with Crippen LogP contribution in [0.5, 0.6) is 5.75 Å². The topological polar surface area (TPSA) is 99.4 Å². The maximum atomic E-state index is 10.7. The van der Waals surface area contributed by atoms with E-state index in [1.807, 2.05) is 25.1 Å². The summed E-state index contributed by atoms with van der Waals surface area (Å²) in [6.07, 6.45) is -3.79. The van der Waals surface area contributed by atoms with Gasteiger partial charge in [0.15, 0.2) is 0 Å². The molecule has 4 N–H and O–H groups in total. The second-order valence-electron chi connectivity index (χ2n) is 8.71. The van der Waals surface area contributed by atoms with Gasteiger partial charge >= 0.3 is 0 Å². The molecule has 166 valence electrons. The molecule has 2 aromatic carbocycles. The first-order valence-electron chi connectivity index (χ1n) is 10.9. The van der Waals surface area contributed by atoms with Crippen molar-refractivity contribution in [3.05, 3.63) is 63.7 Å². The van der Waals surface area contributed by atoms with Gasteiger partial charge in [0.2, 0.25) is 0 Å². The number of aliphatic hydroxyl groups excluding tert-OH is 4. The van der Waals surface area contributed by atoms with Crippen LogP contribution in [0.4, 0.5) is 0 Å². The zero-order valence-corrected chi connectivity index (χ0v) is 18.4. The van der Waals surface area contributed by atoms with Crippen LogP contribution < -0.4 is 4.74 Å². The van der Waals surface area contributed by atoms with E-state index in [0.717, 1.165) is 24.0 Å². The van der Waals surface area contributed by atoms with Crippen LogP contribution in [0.3, 0.4) is 0 Å². The zero-order valence-electron chi connectivity index (χ0n) is 18.4. The largest absolute Gasteiger partial charge is 0.496 e. The van der Waals surface area contributed by atoms with E-state index in [1.165, 1.54) is 18.2 Å². The monoisotopic (exact) mass is 434 g/mol. The highest BCUT2D eigenvalue weighted by atomic mass is 16.5. The first-order chi connectivity index (χ1) is 15.2. The first kappa shape index (κ1) is 23.3. The second-order valence-corrected chi connectivity index (χ2v) is 8.71. The lowest BCUT2D eigenvalue weighted by Crippen LogP contribution is -2.55. The minimum atomic E-state index is -1.50. The molecule has 4 rings (SSSR count). The molecule has 1 saturated heterocycles. The summed E-state index contributed by atoms with van der Waals surface area (Å²) in [5, 5.41) is 39.4. The summed E-state index contributed by atoms with van der Waals surface area (Å²) >= 11 is 0. The summed E-state index contributed by atoms with van der Waals surface area (Å²) in [5.41, 5.74) is 5.27. The molecule has 0 spiro atoms. The molecule has 2 aromatic rings. The molecule has 1 aliphatic carbocycles. The second kappa shape index (κ2) is 8.84. The third-order valence-corrected chi connectivity index (χ3v) is 6.83. The summed E-state index contributed by atoms with van der Waals surface area (Å²) in [5.74, 6) is 0.433. The average molecular weight is 434 g/mol. The number of aliphatic hydroxyl groups is 4. The number of fused-ring (bicyclic) bond motifs is 1. The van der Waals surface area contributed by atoms with Crippen LogP contribution in [0.15, 0.2) is 30.3 Å². The summed E-state index contributed by atoms with van der Waals surface area (Å²) in [4.78, 5) is 0. The normalized spacial score (nSPS) is 27.5. The van der Waals surface area contributed by atoms with Crippen LogP contribution in [0, 0.1) is 0 Å². The molecular weight excluding hydrogens is 406 g/mol. The Morgan fingerprint density at radius 1 is 1.03 bits per heavy atom. The molecule has 1 heterocycles. The Morgan fingerprint density at radius 2 is 1.75 bits per heavy atom. The van der Waals surface area contributed by atoms with Gasteiger partial charge in [0, 0.05) is 5.56 Å². The van der Waals surface area contributed by atoms with E-state index in [1.54, 1.807) is 6.07 Å². The molecule has 0 saturated carbocycles. The number of rotatable bonds is 6. The van der Waals surface area contributed by atoms with Crippen molar-refractivity contribution in [2.45, 2.75) is 61.9 Å². The Hall–Kier alpha value is -1.83. The molecule has 8 heteroatoms. The van der Waals surface area contributed by atoms with Gasteiger partial charge in [0.25, 0.3) is 0 Å². The van der Waals surface area contributed by atoms with Crippen molar-refractivity contribution >= 4 is 15.7 Å². The molecule has 4 radical (unpaired) electrons. The lowest BCUT2D eigenvalue weighted by molar-refractivity contribution is -0.232. The van der Waals surface area contributed by atoms with Gasteiger partial charge in [-0.3, -0.25) is 0 Å². The molecule has 0 aromatic heterocycles. The highest BCUT2D eigenvalue weighted by Gasteiger charge is 2.45. The van der Waals surface area contributed by atoms with E-state index < -0.39 is 42.3 Å². The van der Waals surface area contributed by atoms with E-state index in [-0.39, 0.29) is 0 Å². The van der Waals surface area contributed by atoms with Crippen LogP contribution in [0.25, 0.3) is 0 Å². The smallest absolute Gasteiger partial charge is 0.125 e. The van der Waals surface area contributed by atoms with Crippen LogP contribution in [-0.4, -0.2) is 74.3 Å². The van der Waals surface area contributed by atoms with Crippen molar-refractivity contribution in [1.82, 2.24) is 0 Å². The Kier molecular flexibility index (Phi) is 6.45. The number of hydrogen-bond donors (Lipinski definition) is 4. The fourth-order valence-corrected chi connectivity index (χ4v) is 4.68. The molecule has 0 amide bonds. The molecule has 0 bridgehead atoms. The molecule has 6 nitrogen and oxygen atoms in total. The molecular formula is C24H28B2O6. The van der Waals surface area contributed by atoms with E-state index in [4.69, 9.17) is 25.2 Å². The third-order valence-electron chi connectivity index (χ3n) is 6.83. The number of hydrogen-bond acceptors (Lipinski definition) is 6. The van der Waals surface area contributed by atoms with Gasteiger partial charge < -0.3 is 29.9 Å². The average Bonchev–Trinajstić information content (AvgIpc) is 2.77. The minimum absolute atomic E-state index is 0.431. The molecule has 5 atom stereocenters. The molecule has 0 unspecified atom stereocenters. The molecule has 1 fully saturated rings. The fourth-order valence-electron chi connectivity index (χ4n) is 4.68. The maximum Gasteiger partial charge on any atom is 0.125 e. The number of benzene rings is 2. The van der Waals surface area contributed by atoms with E-state index in [2.05, 4.69) is 6.07 Å². The van der Waals surface area contributed by atoms with Crippen molar-refractivity contribution in [2.24, 2.45) is 0 Å². The van der Waals surface area contributed by atoms with Gasteiger partial charge in [-0.05, 0) is 48.1 Å². The summed E-state index contributed by atoms with van der Waals surface area (Å²) in [6, 6.07) is 9.58. The Bertz CT molecular complexity index is 993. The van der Waals surface area contributed by atoms with Crippen LogP contribution in [-0.2, 0) is 29.2 Å². The van der Waals surface area contributed by atoms with Gasteiger partial charge in [-0.25, -0.2) is 0 Å². The fraction of sp³-hybridized carbons (Fsp3) is 0.500. The summed E-state index contributed by atoms with van der Waals surface area (Å²) < 4.78 is 11.3. The van der Waals surface area contributed by atoms with Crippen LogP contribution in [0.1, 0.15) is 46.4 Å². The maximum absolute atomic E-state index is 10.7. The number of ether oxygens (including phenoxy) is 2. The van der Waals surface area contributed by atoms with Crippen molar-refractivity contribution in [1.29, 1.82) is 0 Å². The van der Waals surface area contributed by atoms with Crippen molar-refractivity contribution in [3.8, 4) is 5.75 Å². The third kappa shape index (κ3) is 3.78. The van der Waals surface area contributed by atoms with Gasteiger partial charge in [-0.2, -0.15) is 0 Å². The van der Waals surface area contributed by atoms with Crippen molar-refractivity contribution < 1.29 is 29.9 Å². The summed E-state index contributed by atoms with van der Waals surface area (Å²) in [6.45, 7) is 1.47. The predicted molar refractivity (Wildman–Crippen MR) is 121 cm³/mol. The van der Waals surface area contributed by atoms with Gasteiger partial charge in [0.1, 0.15) is 36.3 Å². The van der Waals surface area contributed by atoms with Crippen molar-refractivity contribution in [2.75, 3.05) is 13.7 Å². The highest BCUT2D eigenvalue weighted by molar-refractivity contribution is 6.42. The van der Waals surface area contributed by atoms with Gasteiger partial charge in [0.05, 0.1) is 29.4 Å². The molecule has 2 aliphatic rings. The molecule has 32 heavy (non-hydrogen) atoms. The standard InChI is InChI=1S/C24H28B2O6/c1-3-12-9-18(31-2)16(23-22(30)21(29)20(28)19(11-27)32-23)10-17(12)24(25,26)15-7-6-13-4-5-14(13)8-15/h6-10,19-23,27-30H,3-5,11H2,1-2H3/t19-,20-,21+,22-,23+/m1/s1. The Labute approximate surface area is 191 Å². The lowest BCUT2D eigenvalue weighted by atomic mass is 9.46. The van der Waals surface area contributed by atoms with E-state index in [0.29, 0.717) is 23.3 Å². The molecule has 1 aliphatic heterocycles. The van der Waals surface area contributed by atoms with Gasteiger partial charge in [-0.15, -0.1) is 0 Å². The Morgan fingerprint density at radius 3 is 2.31 bits per heavy atom. The minimum Gasteiger partial charge on any atom is -0.496 e. The quantitative estimate of drug-likeness (QED) is 0.492. The summed E-state index contributed by atoms with van der Waals surface area (Å²) in [7, 11) is 14.9. The Balaban J connectivity index is 1.82. The predicted octanol–water partition coefficient (Wildman–Crippen LogP) is 0.409. The SMILES string of the molecule is [B]C([B])(c1ccc2c(c1)CC2)c1cc([C@@H]2O[C@H](CO)[C@@H](O)[C@H](O)[C@H]2O)c(OC)cc1CC. The van der Waals surface area contributed by atoms with Crippen LogP contribution >= 0.6 is 0 Å². The number of methoxy groups -OCH3 is 1. The lowest BCUT2D eigenvalue weighted by Gasteiger charge is -2.41. The van der Waals surface area contributed by atoms with Crippen molar-refractivity contribution in [3.63, 3.8) is 0 Å². The van der Waals surface area contributed by atoms with E-state index >= 15 is 0 Å².